The summed E-state index contributed by atoms with van der Waals surface area (Å²) in [6.07, 6.45) is 0. The largest absolute Gasteiger partial charge is 0.481 e. The highest BCUT2D eigenvalue weighted by Crippen LogP contribution is 2.23. The highest BCUT2D eigenvalue weighted by molar-refractivity contribution is 5.76. The molecule has 0 fully saturated rings. The van der Waals surface area contributed by atoms with Crippen molar-refractivity contribution in [3.05, 3.63) is 39.4 Å². The molecule has 16 heavy (non-hydrogen) atoms. The van der Waals surface area contributed by atoms with Gasteiger partial charge in [-0.2, -0.15) is 0 Å². The van der Waals surface area contributed by atoms with E-state index in [2.05, 4.69) is 0 Å². The molecule has 0 radical (unpaired) electrons. The number of aliphatic hydroxyl groups is 1. The summed E-state index contributed by atoms with van der Waals surface area (Å²) in [7, 11) is 0. The lowest BCUT2D eigenvalue weighted by atomic mass is 9.98. The van der Waals surface area contributed by atoms with Crippen LogP contribution < -0.4 is 0 Å². The molecule has 1 rings (SSSR count). The predicted octanol–water partition coefficient (Wildman–Crippen LogP) is 1.28. The Hall–Kier alpha value is -1.95. The third-order valence-corrected chi connectivity index (χ3v) is 2.26. The highest BCUT2D eigenvalue weighted by atomic mass is 16.6. The van der Waals surface area contributed by atoms with Gasteiger partial charge < -0.3 is 10.2 Å². The monoisotopic (exact) mass is 225 g/mol. The van der Waals surface area contributed by atoms with Gasteiger partial charge in [0.2, 0.25) is 0 Å². The Kier molecular flexibility index (Phi) is 3.57. The number of nitro benzene ring substituents is 1. The molecule has 0 amide bonds. The Bertz CT molecular complexity index is 429. The molecule has 0 spiro atoms. The quantitative estimate of drug-likeness (QED) is 0.593. The van der Waals surface area contributed by atoms with E-state index in [-0.39, 0.29) is 12.3 Å². The average Bonchev–Trinajstić information content (AvgIpc) is 2.27. The number of aliphatic hydroxyl groups excluding tert-OH is 1. The first-order valence-electron chi connectivity index (χ1n) is 4.57. The number of aliphatic carboxylic acids is 1. The van der Waals surface area contributed by atoms with Gasteiger partial charge in [-0.25, -0.2) is 0 Å². The molecule has 0 saturated heterocycles. The first-order chi connectivity index (χ1) is 7.45. The molecule has 86 valence electrons. The van der Waals surface area contributed by atoms with Crippen LogP contribution in [0.25, 0.3) is 0 Å². The SMILES string of the molecule is CC(C(=O)O)c1cc(CO)cc([N+](=O)[O-])c1. The van der Waals surface area contributed by atoms with Crippen LogP contribution in [0, 0.1) is 10.1 Å². The molecular formula is C10H11NO5. The Morgan fingerprint density at radius 1 is 1.50 bits per heavy atom. The number of hydrogen-bond acceptors (Lipinski definition) is 4. The second kappa shape index (κ2) is 4.71. The van der Waals surface area contributed by atoms with Gasteiger partial charge in [-0.3, -0.25) is 14.9 Å². The molecule has 6 heteroatoms. The number of carboxylic acids is 1. The third kappa shape index (κ3) is 2.54. The maximum Gasteiger partial charge on any atom is 0.310 e. The summed E-state index contributed by atoms with van der Waals surface area (Å²) in [6, 6.07) is 3.88. The van der Waals surface area contributed by atoms with E-state index in [9.17, 15) is 14.9 Å². The van der Waals surface area contributed by atoms with Gasteiger partial charge in [-0.15, -0.1) is 0 Å². The Balaban J connectivity index is 3.23. The summed E-state index contributed by atoms with van der Waals surface area (Å²) in [5.74, 6) is -1.91. The molecule has 0 aromatic heterocycles. The number of rotatable bonds is 4. The van der Waals surface area contributed by atoms with Gasteiger partial charge in [0.05, 0.1) is 17.4 Å². The van der Waals surface area contributed by atoms with Crippen molar-refractivity contribution in [3.63, 3.8) is 0 Å². The van der Waals surface area contributed by atoms with Crippen molar-refractivity contribution in [3.8, 4) is 0 Å². The summed E-state index contributed by atoms with van der Waals surface area (Å²) in [6.45, 7) is 1.07. The molecule has 0 heterocycles. The zero-order valence-electron chi connectivity index (χ0n) is 8.58. The number of carbonyl (C=O) groups is 1. The highest BCUT2D eigenvalue weighted by Gasteiger charge is 2.18. The van der Waals surface area contributed by atoms with Crippen molar-refractivity contribution in [2.24, 2.45) is 0 Å². The van der Waals surface area contributed by atoms with Crippen LogP contribution in [0.5, 0.6) is 0 Å². The minimum absolute atomic E-state index is 0.213. The summed E-state index contributed by atoms with van der Waals surface area (Å²) >= 11 is 0. The first kappa shape index (κ1) is 12.1. The van der Waals surface area contributed by atoms with Crippen molar-refractivity contribution in [2.75, 3.05) is 0 Å². The van der Waals surface area contributed by atoms with E-state index in [1.807, 2.05) is 0 Å². The molecular weight excluding hydrogens is 214 g/mol. The van der Waals surface area contributed by atoms with E-state index in [4.69, 9.17) is 10.2 Å². The normalized spacial score (nSPS) is 12.1. The lowest BCUT2D eigenvalue weighted by Gasteiger charge is -2.08. The fourth-order valence-electron chi connectivity index (χ4n) is 1.29. The minimum atomic E-state index is -1.07. The van der Waals surface area contributed by atoms with Crippen LogP contribution in [-0.2, 0) is 11.4 Å². The van der Waals surface area contributed by atoms with Gasteiger partial charge in [-0.05, 0) is 18.1 Å². The lowest BCUT2D eigenvalue weighted by Crippen LogP contribution is -2.08. The standard InChI is InChI=1S/C10H11NO5/c1-6(10(13)14)8-2-7(5-12)3-9(4-8)11(15)16/h2-4,6,12H,5H2,1H3,(H,13,14). The predicted molar refractivity (Wildman–Crippen MR) is 55.1 cm³/mol. The number of non-ortho nitro benzene ring substituents is 1. The molecule has 0 saturated carbocycles. The number of nitrogens with zero attached hydrogens (tertiary/aromatic N) is 1. The molecule has 1 atom stereocenters. The molecule has 0 aliphatic carbocycles. The van der Waals surface area contributed by atoms with Crippen molar-refractivity contribution < 1.29 is 19.9 Å². The van der Waals surface area contributed by atoms with E-state index in [1.165, 1.54) is 25.1 Å². The van der Waals surface area contributed by atoms with E-state index in [0.29, 0.717) is 11.1 Å². The van der Waals surface area contributed by atoms with Crippen molar-refractivity contribution in [1.82, 2.24) is 0 Å². The van der Waals surface area contributed by atoms with Crippen LogP contribution in [0.3, 0.4) is 0 Å². The minimum Gasteiger partial charge on any atom is -0.481 e. The van der Waals surface area contributed by atoms with E-state index < -0.39 is 16.8 Å². The molecule has 1 aromatic carbocycles. The summed E-state index contributed by atoms with van der Waals surface area (Å²) in [5, 5.41) is 28.3. The number of nitro groups is 1. The van der Waals surface area contributed by atoms with Crippen LogP contribution in [-0.4, -0.2) is 21.1 Å². The van der Waals surface area contributed by atoms with Crippen molar-refractivity contribution >= 4 is 11.7 Å². The molecule has 0 bridgehead atoms. The van der Waals surface area contributed by atoms with E-state index in [1.54, 1.807) is 0 Å². The Morgan fingerprint density at radius 2 is 2.12 bits per heavy atom. The van der Waals surface area contributed by atoms with E-state index in [0.717, 1.165) is 0 Å². The topological polar surface area (TPSA) is 101 Å². The third-order valence-electron chi connectivity index (χ3n) is 2.26. The Morgan fingerprint density at radius 3 is 2.56 bits per heavy atom. The first-order valence-corrected chi connectivity index (χ1v) is 4.57. The van der Waals surface area contributed by atoms with Crippen LogP contribution in [0.15, 0.2) is 18.2 Å². The van der Waals surface area contributed by atoms with Gasteiger partial charge in [-0.1, -0.05) is 6.07 Å². The summed E-state index contributed by atoms with van der Waals surface area (Å²) < 4.78 is 0. The van der Waals surface area contributed by atoms with Gasteiger partial charge in [0.1, 0.15) is 0 Å². The average molecular weight is 225 g/mol. The van der Waals surface area contributed by atoms with Crippen molar-refractivity contribution in [2.45, 2.75) is 19.4 Å². The summed E-state index contributed by atoms with van der Waals surface area (Å²) in [4.78, 5) is 20.7. The molecule has 1 aromatic rings. The molecule has 1 unspecified atom stereocenters. The van der Waals surface area contributed by atoms with Crippen LogP contribution >= 0.6 is 0 Å². The van der Waals surface area contributed by atoms with Crippen LogP contribution in [0.2, 0.25) is 0 Å². The fourth-order valence-corrected chi connectivity index (χ4v) is 1.29. The fraction of sp³-hybridized carbons (Fsp3) is 0.300. The maximum absolute atomic E-state index is 10.7. The lowest BCUT2D eigenvalue weighted by molar-refractivity contribution is -0.385. The zero-order valence-corrected chi connectivity index (χ0v) is 8.58. The summed E-state index contributed by atoms with van der Waals surface area (Å²) in [5.41, 5.74) is 0.428. The molecule has 6 nitrogen and oxygen atoms in total. The second-order valence-corrected chi connectivity index (χ2v) is 3.41. The van der Waals surface area contributed by atoms with Gasteiger partial charge in [0, 0.05) is 12.1 Å². The van der Waals surface area contributed by atoms with Crippen LogP contribution in [0.4, 0.5) is 5.69 Å². The van der Waals surface area contributed by atoms with E-state index >= 15 is 0 Å². The molecule has 0 aliphatic heterocycles. The van der Waals surface area contributed by atoms with Gasteiger partial charge in [0.15, 0.2) is 0 Å². The molecule has 2 N–H and O–H groups in total. The van der Waals surface area contributed by atoms with Gasteiger partial charge >= 0.3 is 5.97 Å². The zero-order chi connectivity index (χ0) is 12.3. The number of carboxylic acid groups (broad SMARTS) is 1. The number of benzene rings is 1. The van der Waals surface area contributed by atoms with Gasteiger partial charge in [0.25, 0.3) is 5.69 Å². The smallest absolute Gasteiger partial charge is 0.310 e. The Labute approximate surface area is 91.3 Å². The molecule has 0 aliphatic rings. The number of hydrogen-bond donors (Lipinski definition) is 2. The van der Waals surface area contributed by atoms with Crippen molar-refractivity contribution in [1.29, 1.82) is 0 Å². The van der Waals surface area contributed by atoms with Crippen LogP contribution in [0.1, 0.15) is 24.0 Å². The second-order valence-electron chi connectivity index (χ2n) is 3.41. The maximum atomic E-state index is 10.7.